The van der Waals surface area contributed by atoms with Crippen LogP contribution in [0.1, 0.15) is 21.7 Å². The molecule has 4 aromatic rings. The van der Waals surface area contributed by atoms with Crippen molar-refractivity contribution >= 4 is 27.3 Å². The van der Waals surface area contributed by atoms with Gasteiger partial charge in [0, 0.05) is 30.2 Å². The molecule has 0 atom stereocenters. The summed E-state index contributed by atoms with van der Waals surface area (Å²) >= 11 is 1.56. The first-order chi connectivity index (χ1) is 11.0. The molecule has 4 rings (SSSR count). The molecule has 0 bridgehead atoms. The Bertz CT molecular complexity index is 1090. The van der Waals surface area contributed by atoms with Crippen LogP contribution in [-0.4, -0.2) is 19.2 Å². The summed E-state index contributed by atoms with van der Waals surface area (Å²) in [5, 5.41) is 5.00. The molecule has 0 saturated carbocycles. The van der Waals surface area contributed by atoms with E-state index < -0.39 is 0 Å². The largest absolute Gasteiger partial charge is 0.285 e. The Morgan fingerprint density at radius 2 is 1.91 bits per heavy atom. The second-order valence-corrected chi connectivity index (χ2v) is 6.91. The van der Waals surface area contributed by atoms with Crippen LogP contribution < -0.4 is 5.56 Å². The van der Waals surface area contributed by atoms with Crippen LogP contribution in [0.3, 0.4) is 0 Å². The van der Waals surface area contributed by atoms with E-state index in [9.17, 15) is 4.79 Å². The normalized spacial score (nSPS) is 11.6. The fourth-order valence-electron chi connectivity index (χ4n) is 2.82. The topological polar surface area (TPSA) is 52.2 Å². The molecule has 0 saturated heterocycles. The highest BCUT2D eigenvalue weighted by Crippen LogP contribution is 2.26. The first-order valence-electron chi connectivity index (χ1n) is 7.43. The molecule has 3 heterocycles. The van der Waals surface area contributed by atoms with Gasteiger partial charge in [-0.2, -0.15) is 10.1 Å². The van der Waals surface area contributed by atoms with Crippen LogP contribution in [0, 0.1) is 13.8 Å². The number of benzene rings is 1. The summed E-state index contributed by atoms with van der Waals surface area (Å²) in [5.74, 6) is 0. The molecule has 0 fully saturated rings. The fraction of sp³-hybridized carbons (Fsp3) is 0.235. The Morgan fingerprint density at radius 1 is 1.17 bits per heavy atom. The van der Waals surface area contributed by atoms with E-state index >= 15 is 0 Å². The van der Waals surface area contributed by atoms with Crippen molar-refractivity contribution in [1.82, 2.24) is 19.2 Å². The number of aromatic nitrogens is 4. The molecule has 23 heavy (non-hydrogen) atoms. The van der Waals surface area contributed by atoms with Crippen LogP contribution >= 0.6 is 11.3 Å². The van der Waals surface area contributed by atoms with E-state index in [4.69, 9.17) is 0 Å². The highest BCUT2D eigenvalue weighted by molar-refractivity contribution is 7.17. The molecule has 0 unspecified atom stereocenters. The fourth-order valence-corrected chi connectivity index (χ4v) is 3.96. The monoisotopic (exact) mass is 324 g/mol. The molecule has 0 aliphatic carbocycles. The van der Waals surface area contributed by atoms with Crippen molar-refractivity contribution in [2.24, 2.45) is 7.05 Å². The summed E-state index contributed by atoms with van der Waals surface area (Å²) in [6, 6.07) is 8.53. The van der Waals surface area contributed by atoms with Crippen LogP contribution in [0.5, 0.6) is 0 Å². The Hall–Kier alpha value is -2.47. The van der Waals surface area contributed by atoms with Gasteiger partial charge in [-0.15, -0.1) is 11.3 Å². The molecule has 0 aliphatic heterocycles. The summed E-state index contributed by atoms with van der Waals surface area (Å²) in [5.41, 5.74) is 4.08. The van der Waals surface area contributed by atoms with Crippen molar-refractivity contribution < 1.29 is 0 Å². The molecule has 0 aliphatic rings. The summed E-state index contributed by atoms with van der Waals surface area (Å²) in [6.07, 6.45) is 2.57. The Kier molecular flexibility index (Phi) is 3.09. The van der Waals surface area contributed by atoms with Crippen molar-refractivity contribution in [3.8, 4) is 0 Å². The van der Waals surface area contributed by atoms with Gasteiger partial charge in [-0.05, 0) is 19.4 Å². The summed E-state index contributed by atoms with van der Waals surface area (Å²) < 4.78 is 3.65. The maximum Gasteiger partial charge on any atom is 0.285 e. The Morgan fingerprint density at radius 3 is 2.65 bits per heavy atom. The van der Waals surface area contributed by atoms with Gasteiger partial charge in [-0.1, -0.05) is 29.8 Å². The second kappa shape index (κ2) is 5.03. The first kappa shape index (κ1) is 14.1. The number of nitrogens with zero attached hydrogens (tertiary/aromatic N) is 4. The number of hydrogen-bond donors (Lipinski definition) is 0. The van der Waals surface area contributed by atoms with E-state index in [1.807, 2.05) is 11.4 Å². The maximum absolute atomic E-state index is 12.2. The minimum atomic E-state index is -0.212. The second-order valence-electron chi connectivity index (χ2n) is 5.85. The van der Waals surface area contributed by atoms with Crippen molar-refractivity contribution in [1.29, 1.82) is 0 Å². The standard InChI is InChI=1S/C17H16N4OS/c1-10-4-6-12(7-5-10)8-14-11(2)21-15-13(9-20(3)19-15)16(22)18-17(21)23-14/h4-7,9H,8H2,1-3H3. The van der Waals surface area contributed by atoms with Gasteiger partial charge in [0.05, 0.1) is 0 Å². The predicted molar refractivity (Wildman–Crippen MR) is 92.3 cm³/mol. The average molecular weight is 324 g/mol. The molecule has 0 N–H and O–H groups in total. The van der Waals surface area contributed by atoms with Gasteiger partial charge >= 0.3 is 0 Å². The van der Waals surface area contributed by atoms with E-state index in [0.29, 0.717) is 16.0 Å². The smallest absolute Gasteiger partial charge is 0.273 e. The third kappa shape index (κ3) is 2.26. The molecule has 1 aromatic carbocycles. The van der Waals surface area contributed by atoms with Crippen LogP contribution in [0.25, 0.3) is 16.0 Å². The quantitative estimate of drug-likeness (QED) is 0.570. The summed E-state index contributed by atoms with van der Waals surface area (Å²) in [4.78, 5) is 18.3. The average Bonchev–Trinajstić information content (AvgIpc) is 3.03. The van der Waals surface area contributed by atoms with E-state index in [-0.39, 0.29) is 5.56 Å². The van der Waals surface area contributed by atoms with Crippen molar-refractivity contribution in [3.05, 3.63) is 62.5 Å². The van der Waals surface area contributed by atoms with Crippen LogP contribution in [0.2, 0.25) is 0 Å². The molecular formula is C17H16N4OS. The zero-order chi connectivity index (χ0) is 16.1. The number of fused-ring (bicyclic) bond motifs is 3. The lowest BCUT2D eigenvalue weighted by molar-refractivity contribution is 0.772. The van der Waals surface area contributed by atoms with Crippen LogP contribution in [-0.2, 0) is 13.5 Å². The minimum absolute atomic E-state index is 0.212. The molecule has 5 nitrogen and oxygen atoms in total. The van der Waals surface area contributed by atoms with Gasteiger partial charge in [0.15, 0.2) is 10.6 Å². The van der Waals surface area contributed by atoms with Crippen molar-refractivity contribution in [2.45, 2.75) is 20.3 Å². The van der Waals surface area contributed by atoms with E-state index in [1.54, 1.807) is 22.2 Å². The number of thiazole rings is 1. The van der Waals surface area contributed by atoms with Gasteiger partial charge < -0.3 is 0 Å². The van der Waals surface area contributed by atoms with Crippen LogP contribution in [0.4, 0.5) is 0 Å². The number of rotatable bonds is 2. The van der Waals surface area contributed by atoms with Gasteiger partial charge in [0.2, 0.25) is 0 Å². The molecule has 0 amide bonds. The lowest BCUT2D eigenvalue weighted by Crippen LogP contribution is -2.08. The van der Waals surface area contributed by atoms with Gasteiger partial charge in [0.1, 0.15) is 5.39 Å². The zero-order valence-corrected chi connectivity index (χ0v) is 14.0. The summed E-state index contributed by atoms with van der Waals surface area (Å²) in [7, 11) is 1.82. The van der Waals surface area contributed by atoms with E-state index in [0.717, 1.165) is 12.1 Å². The van der Waals surface area contributed by atoms with E-state index in [2.05, 4.69) is 48.2 Å². The molecule has 3 aromatic heterocycles. The Balaban J connectivity index is 1.92. The summed E-state index contributed by atoms with van der Waals surface area (Å²) in [6.45, 7) is 4.15. The Labute approximate surface area is 136 Å². The molecule has 0 spiro atoms. The highest BCUT2D eigenvalue weighted by atomic mass is 32.1. The maximum atomic E-state index is 12.2. The highest BCUT2D eigenvalue weighted by Gasteiger charge is 2.16. The number of aryl methyl sites for hydroxylation is 3. The molecule has 116 valence electrons. The van der Waals surface area contributed by atoms with Gasteiger partial charge in [-0.3, -0.25) is 13.9 Å². The van der Waals surface area contributed by atoms with Gasteiger partial charge in [-0.25, -0.2) is 0 Å². The third-order valence-corrected chi connectivity index (χ3v) is 5.22. The van der Waals surface area contributed by atoms with Crippen molar-refractivity contribution in [3.63, 3.8) is 0 Å². The van der Waals surface area contributed by atoms with E-state index in [1.165, 1.54) is 16.0 Å². The number of hydrogen-bond acceptors (Lipinski definition) is 4. The van der Waals surface area contributed by atoms with Crippen LogP contribution in [0.15, 0.2) is 35.3 Å². The lowest BCUT2D eigenvalue weighted by atomic mass is 10.1. The molecular weight excluding hydrogens is 308 g/mol. The van der Waals surface area contributed by atoms with Gasteiger partial charge in [0.25, 0.3) is 5.56 Å². The minimum Gasteiger partial charge on any atom is -0.273 e. The first-order valence-corrected chi connectivity index (χ1v) is 8.24. The van der Waals surface area contributed by atoms with Crippen molar-refractivity contribution in [2.75, 3.05) is 0 Å². The molecule has 6 heteroatoms. The predicted octanol–water partition coefficient (Wildman–Crippen LogP) is 2.85. The zero-order valence-electron chi connectivity index (χ0n) is 13.2. The lowest BCUT2D eigenvalue weighted by Gasteiger charge is -2.02. The molecule has 0 radical (unpaired) electrons. The third-order valence-electron chi connectivity index (χ3n) is 4.08. The SMILES string of the molecule is Cc1ccc(Cc2sc3nc(=O)c4cn(C)nc4n3c2C)cc1.